The Morgan fingerprint density at radius 1 is 1.39 bits per heavy atom. The van der Waals surface area contributed by atoms with Gasteiger partial charge in [0, 0.05) is 37.1 Å². The maximum atomic E-state index is 12.0. The molecule has 1 heterocycles. The van der Waals surface area contributed by atoms with Crippen LogP contribution in [0.2, 0.25) is 0 Å². The van der Waals surface area contributed by atoms with Crippen molar-refractivity contribution in [1.29, 1.82) is 0 Å². The van der Waals surface area contributed by atoms with Crippen molar-refractivity contribution in [1.82, 2.24) is 10.6 Å². The van der Waals surface area contributed by atoms with Gasteiger partial charge >= 0.3 is 0 Å². The van der Waals surface area contributed by atoms with E-state index in [1.807, 2.05) is 36.0 Å². The number of amides is 1. The summed E-state index contributed by atoms with van der Waals surface area (Å²) in [5.74, 6) is 2.08. The highest BCUT2D eigenvalue weighted by atomic mass is 32.2. The van der Waals surface area contributed by atoms with Gasteiger partial charge in [-0.15, -0.1) is 0 Å². The molecule has 0 aliphatic carbocycles. The fourth-order valence-electron chi connectivity index (χ4n) is 2.58. The highest BCUT2D eigenvalue weighted by Gasteiger charge is 2.18. The molecule has 2 atom stereocenters. The molecule has 128 valence electrons. The van der Waals surface area contributed by atoms with Gasteiger partial charge in [0.2, 0.25) is 5.91 Å². The first kappa shape index (κ1) is 18.3. The van der Waals surface area contributed by atoms with Crippen LogP contribution >= 0.6 is 11.8 Å². The molecule has 0 aromatic heterocycles. The number of thioether (sulfide) groups is 1. The molecule has 2 unspecified atom stereocenters. The number of nitrogens with one attached hydrogen (secondary N) is 2. The normalized spacial score (nSPS) is 20.1. The molecule has 0 saturated carbocycles. The number of aliphatic hydroxyl groups excluding tert-OH is 1. The predicted molar refractivity (Wildman–Crippen MR) is 96.8 cm³/mol. The average molecular weight is 337 g/mol. The van der Waals surface area contributed by atoms with Crippen molar-refractivity contribution in [2.24, 2.45) is 0 Å². The minimum atomic E-state index is -0.665. The second-order valence-corrected chi connectivity index (χ2v) is 8.27. The zero-order valence-corrected chi connectivity index (χ0v) is 15.1. The standard InChI is InChI=1S/C18H28N2O2S/c1-18(2,3)14-6-4-13(5-7-14)16(21)11-20-17(22)10-15-12-23-9-8-19-15/h4-7,15-16,19,21H,8-12H2,1-3H3,(H,20,22). The number of carbonyl (C=O) groups is 1. The van der Waals surface area contributed by atoms with Gasteiger partial charge in [-0.05, 0) is 16.5 Å². The maximum Gasteiger partial charge on any atom is 0.221 e. The molecule has 1 aromatic carbocycles. The number of benzene rings is 1. The SMILES string of the molecule is CC(C)(C)c1ccc(C(O)CNC(=O)CC2CSCCN2)cc1. The third-order valence-electron chi connectivity index (χ3n) is 4.08. The summed E-state index contributed by atoms with van der Waals surface area (Å²) in [6.45, 7) is 7.71. The molecule has 0 radical (unpaired) electrons. The van der Waals surface area contributed by atoms with Gasteiger partial charge in [-0.3, -0.25) is 4.79 Å². The Balaban J connectivity index is 1.79. The molecule has 1 saturated heterocycles. The number of rotatable bonds is 5. The fraction of sp³-hybridized carbons (Fsp3) is 0.611. The fourth-order valence-corrected chi connectivity index (χ4v) is 3.53. The van der Waals surface area contributed by atoms with Crippen molar-refractivity contribution in [2.45, 2.75) is 44.8 Å². The quantitative estimate of drug-likeness (QED) is 0.772. The van der Waals surface area contributed by atoms with E-state index in [1.54, 1.807) is 0 Å². The first-order valence-electron chi connectivity index (χ1n) is 8.22. The van der Waals surface area contributed by atoms with Gasteiger partial charge in [0.05, 0.1) is 6.10 Å². The van der Waals surface area contributed by atoms with Crippen molar-refractivity contribution in [2.75, 3.05) is 24.6 Å². The van der Waals surface area contributed by atoms with E-state index in [-0.39, 0.29) is 23.9 Å². The second kappa shape index (κ2) is 8.18. The van der Waals surface area contributed by atoms with E-state index in [1.165, 1.54) is 5.56 Å². The smallest absolute Gasteiger partial charge is 0.221 e. The number of hydrogen-bond acceptors (Lipinski definition) is 4. The Hall–Kier alpha value is -1.04. The Labute approximate surface area is 143 Å². The van der Waals surface area contributed by atoms with Gasteiger partial charge in [0.15, 0.2) is 0 Å². The van der Waals surface area contributed by atoms with Gasteiger partial charge < -0.3 is 15.7 Å². The molecule has 3 N–H and O–H groups in total. The molecular formula is C18H28N2O2S. The molecule has 23 heavy (non-hydrogen) atoms. The van der Waals surface area contributed by atoms with E-state index in [2.05, 4.69) is 31.4 Å². The van der Waals surface area contributed by atoms with Crippen LogP contribution in [0.1, 0.15) is 44.4 Å². The monoisotopic (exact) mass is 336 g/mol. The summed E-state index contributed by atoms with van der Waals surface area (Å²) in [4.78, 5) is 12.0. The first-order chi connectivity index (χ1) is 10.9. The van der Waals surface area contributed by atoms with Crippen LogP contribution in [0, 0.1) is 0 Å². The van der Waals surface area contributed by atoms with Crippen LogP contribution < -0.4 is 10.6 Å². The lowest BCUT2D eigenvalue weighted by molar-refractivity contribution is -0.121. The van der Waals surface area contributed by atoms with Crippen LogP contribution in [-0.4, -0.2) is 41.7 Å². The van der Waals surface area contributed by atoms with Crippen molar-refractivity contribution in [3.05, 3.63) is 35.4 Å². The molecule has 1 aliphatic heterocycles. The Morgan fingerprint density at radius 3 is 2.65 bits per heavy atom. The molecule has 1 fully saturated rings. The zero-order chi connectivity index (χ0) is 16.9. The van der Waals surface area contributed by atoms with Gasteiger partial charge in [-0.25, -0.2) is 0 Å². The van der Waals surface area contributed by atoms with E-state index in [0.717, 1.165) is 23.6 Å². The molecule has 5 heteroatoms. The number of carbonyl (C=O) groups excluding carboxylic acids is 1. The van der Waals surface area contributed by atoms with Crippen molar-refractivity contribution >= 4 is 17.7 Å². The summed E-state index contributed by atoms with van der Waals surface area (Å²) in [6.07, 6.45) is -0.190. The lowest BCUT2D eigenvalue weighted by Gasteiger charge is -2.23. The molecule has 1 aliphatic rings. The molecule has 1 amide bonds. The van der Waals surface area contributed by atoms with Crippen LogP contribution in [0.25, 0.3) is 0 Å². The molecular weight excluding hydrogens is 308 g/mol. The summed E-state index contributed by atoms with van der Waals surface area (Å²) in [5, 5.41) is 16.4. The van der Waals surface area contributed by atoms with Crippen molar-refractivity contribution < 1.29 is 9.90 Å². The Morgan fingerprint density at radius 2 is 2.09 bits per heavy atom. The van der Waals surface area contributed by atoms with E-state index in [4.69, 9.17) is 0 Å². The van der Waals surface area contributed by atoms with Crippen LogP contribution in [0.4, 0.5) is 0 Å². The third-order valence-corrected chi connectivity index (χ3v) is 5.22. The second-order valence-electron chi connectivity index (χ2n) is 7.12. The van der Waals surface area contributed by atoms with E-state index >= 15 is 0 Å². The number of aliphatic hydroxyl groups is 1. The largest absolute Gasteiger partial charge is 0.387 e. The minimum absolute atomic E-state index is 0.00429. The van der Waals surface area contributed by atoms with Crippen LogP contribution in [0.15, 0.2) is 24.3 Å². The summed E-state index contributed by atoms with van der Waals surface area (Å²) < 4.78 is 0. The van der Waals surface area contributed by atoms with Gasteiger partial charge in [-0.1, -0.05) is 45.0 Å². The first-order valence-corrected chi connectivity index (χ1v) is 9.38. The summed E-state index contributed by atoms with van der Waals surface area (Å²) >= 11 is 1.88. The zero-order valence-electron chi connectivity index (χ0n) is 14.3. The van der Waals surface area contributed by atoms with Gasteiger partial charge in [-0.2, -0.15) is 11.8 Å². The molecule has 0 bridgehead atoms. The summed E-state index contributed by atoms with van der Waals surface area (Å²) in [7, 11) is 0. The van der Waals surface area contributed by atoms with Crippen molar-refractivity contribution in [3.63, 3.8) is 0 Å². The molecule has 0 spiro atoms. The lowest BCUT2D eigenvalue weighted by atomic mass is 9.86. The summed E-state index contributed by atoms with van der Waals surface area (Å²) in [5.41, 5.74) is 2.17. The molecule has 2 rings (SSSR count). The van der Waals surface area contributed by atoms with Crippen molar-refractivity contribution in [3.8, 4) is 0 Å². The average Bonchev–Trinajstić information content (AvgIpc) is 2.53. The Bertz CT molecular complexity index is 505. The van der Waals surface area contributed by atoms with Gasteiger partial charge in [0.25, 0.3) is 0 Å². The lowest BCUT2D eigenvalue weighted by Crippen LogP contribution is -2.41. The summed E-state index contributed by atoms with van der Waals surface area (Å²) in [6, 6.07) is 8.22. The van der Waals surface area contributed by atoms with E-state index in [9.17, 15) is 9.90 Å². The number of hydrogen-bond donors (Lipinski definition) is 3. The van der Waals surface area contributed by atoms with Gasteiger partial charge in [0.1, 0.15) is 0 Å². The predicted octanol–water partition coefficient (Wildman–Crippen LogP) is 2.23. The molecule has 4 nitrogen and oxygen atoms in total. The maximum absolute atomic E-state index is 12.0. The van der Waals surface area contributed by atoms with Crippen LogP contribution in [-0.2, 0) is 10.2 Å². The minimum Gasteiger partial charge on any atom is -0.387 e. The van der Waals surface area contributed by atoms with Crippen LogP contribution in [0.5, 0.6) is 0 Å². The highest BCUT2D eigenvalue weighted by Crippen LogP contribution is 2.23. The third kappa shape index (κ3) is 5.83. The van der Waals surface area contributed by atoms with Crippen LogP contribution in [0.3, 0.4) is 0 Å². The molecule has 1 aromatic rings. The van der Waals surface area contributed by atoms with E-state index in [0.29, 0.717) is 6.42 Å². The highest BCUT2D eigenvalue weighted by molar-refractivity contribution is 7.99. The topological polar surface area (TPSA) is 61.4 Å². The Kier molecular flexibility index (Phi) is 6.50. The van der Waals surface area contributed by atoms with E-state index < -0.39 is 6.10 Å².